The number of aliphatic hydroxyl groups excluding tert-OH is 1. The molecule has 7 heteroatoms. The van der Waals surface area contributed by atoms with Crippen molar-refractivity contribution in [2.24, 2.45) is 0 Å². The van der Waals surface area contributed by atoms with Crippen molar-refractivity contribution in [3.05, 3.63) is 23.8 Å². The molecular formula is C15H25NO5S. The van der Waals surface area contributed by atoms with Crippen LogP contribution in [-0.2, 0) is 14.8 Å². The molecule has 0 aliphatic carbocycles. The first-order valence-corrected chi connectivity index (χ1v) is 8.68. The molecule has 126 valence electrons. The van der Waals surface area contributed by atoms with E-state index in [9.17, 15) is 8.42 Å². The molecule has 0 fully saturated rings. The highest BCUT2D eigenvalue weighted by Gasteiger charge is 2.20. The lowest BCUT2D eigenvalue weighted by atomic mass is 10.2. The number of rotatable bonds is 9. The maximum atomic E-state index is 12.4. The number of methoxy groups -OCH3 is 1. The molecule has 0 saturated carbocycles. The van der Waals surface area contributed by atoms with Gasteiger partial charge < -0.3 is 14.6 Å². The van der Waals surface area contributed by atoms with E-state index in [1.807, 2.05) is 13.8 Å². The van der Waals surface area contributed by atoms with Crippen molar-refractivity contribution in [3.8, 4) is 5.75 Å². The van der Waals surface area contributed by atoms with Gasteiger partial charge in [0.1, 0.15) is 5.75 Å². The van der Waals surface area contributed by atoms with Gasteiger partial charge in [-0.25, -0.2) is 13.1 Å². The number of hydrogen-bond donors (Lipinski definition) is 2. The number of benzene rings is 1. The van der Waals surface area contributed by atoms with E-state index < -0.39 is 16.1 Å². The molecule has 1 atom stereocenters. The van der Waals surface area contributed by atoms with Crippen molar-refractivity contribution in [1.82, 2.24) is 4.72 Å². The zero-order valence-corrected chi connectivity index (χ0v) is 14.3. The van der Waals surface area contributed by atoms with E-state index >= 15 is 0 Å². The quantitative estimate of drug-likeness (QED) is 0.715. The Morgan fingerprint density at radius 2 is 2.00 bits per heavy atom. The Morgan fingerprint density at radius 3 is 2.50 bits per heavy atom. The molecule has 1 rings (SSSR count). The van der Waals surface area contributed by atoms with Crippen molar-refractivity contribution >= 4 is 10.0 Å². The lowest BCUT2D eigenvalue weighted by Gasteiger charge is -2.18. The molecule has 0 radical (unpaired) electrons. The third kappa shape index (κ3) is 5.57. The Balaban J connectivity index is 2.95. The summed E-state index contributed by atoms with van der Waals surface area (Å²) in [6, 6.07) is 4.27. The fourth-order valence-corrected chi connectivity index (χ4v) is 3.34. The highest BCUT2D eigenvalue weighted by Crippen LogP contribution is 2.23. The van der Waals surface area contributed by atoms with E-state index in [0.717, 1.165) is 5.56 Å². The van der Waals surface area contributed by atoms with E-state index in [1.165, 1.54) is 13.2 Å². The summed E-state index contributed by atoms with van der Waals surface area (Å²) < 4.78 is 37.9. The van der Waals surface area contributed by atoms with Crippen LogP contribution in [0, 0.1) is 6.92 Å². The zero-order chi connectivity index (χ0) is 16.8. The normalized spacial score (nSPS) is 13.4. The predicted octanol–water partition coefficient (Wildman–Crippen LogP) is 1.46. The topological polar surface area (TPSA) is 84.9 Å². The maximum Gasteiger partial charge on any atom is 0.240 e. The standard InChI is InChI=1S/C15H25NO5S/c1-11(2)21-15-6-5-14(9-12(15)3)22(18,19)16-13(7-8-17)10-20-4/h5-6,9,11,13,16-17H,7-8,10H2,1-4H3/t13-/m1/s1. The van der Waals surface area contributed by atoms with Gasteiger partial charge in [-0.3, -0.25) is 0 Å². The second-order valence-electron chi connectivity index (χ2n) is 5.38. The van der Waals surface area contributed by atoms with Crippen LogP contribution in [0.4, 0.5) is 0 Å². The minimum atomic E-state index is -3.67. The molecule has 0 aliphatic heterocycles. The van der Waals surface area contributed by atoms with Gasteiger partial charge in [-0.15, -0.1) is 0 Å². The van der Waals surface area contributed by atoms with E-state index in [-0.39, 0.29) is 24.2 Å². The molecule has 0 heterocycles. The number of nitrogens with one attached hydrogen (secondary N) is 1. The first-order chi connectivity index (χ1) is 10.3. The van der Waals surface area contributed by atoms with Crippen molar-refractivity contribution in [1.29, 1.82) is 0 Å². The fourth-order valence-electron chi connectivity index (χ4n) is 2.00. The SMILES string of the molecule is COC[C@@H](CCO)NS(=O)(=O)c1ccc(OC(C)C)c(C)c1. The van der Waals surface area contributed by atoms with E-state index in [4.69, 9.17) is 14.6 Å². The van der Waals surface area contributed by atoms with Crippen molar-refractivity contribution in [3.63, 3.8) is 0 Å². The molecule has 0 bridgehead atoms. The second-order valence-corrected chi connectivity index (χ2v) is 7.09. The summed E-state index contributed by atoms with van der Waals surface area (Å²) in [5.41, 5.74) is 0.752. The summed E-state index contributed by atoms with van der Waals surface area (Å²) >= 11 is 0. The van der Waals surface area contributed by atoms with Crippen LogP contribution in [0.3, 0.4) is 0 Å². The maximum absolute atomic E-state index is 12.4. The highest BCUT2D eigenvalue weighted by atomic mass is 32.2. The predicted molar refractivity (Wildman–Crippen MR) is 84.6 cm³/mol. The van der Waals surface area contributed by atoms with Crippen LogP contribution in [0.25, 0.3) is 0 Å². The zero-order valence-electron chi connectivity index (χ0n) is 13.5. The van der Waals surface area contributed by atoms with Crippen LogP contribution in [0.1, 0.15) is 25.8 Å². The molecule has 2 N–H and O–H groups in total. The number of aryl methyl sites for hydroxylation is 1. The molecular weight excluding hydrogens is 306 g/mol. The number of aliphatic hydroxyl groups is 1. The highest BCUT2D eigenvalue weighted by molar-refractivity contribution is 7.89. The van der Waals surface area contributed by atoms with Crippen LogP contribution in [0.2, 0.25) is 0 Å². The first kappa shape index (κ1) is 18.9. The Morgan fingerprint density at radius 1 is 1.32 bits per heavy atom. The Kier molecular flexibility index (Phi) is 7.28. The van der Waals surface area contributed by atoms with Gasteiger partial charge in [-0.05, 0) is 51.0 Å². The van der Waals surface area contributed by atoms with E-state index in [2.05, 4.69) is 4.72 Å². The summed E-state index contributed by atoms with van der Waals surface area (Å²) in [7, 11) is -2.18. The van der Waals surface area contributed by atoms with Crippen molar-refractivity contribution in [2.45, 2.75) is 44.2 Å². The number of ether oxygens (including phenoxy) is 2. The van der Waals surface area contributed by atoms with Crippen molar-refractivity contribution in [2.75, 3.05) is 20.3 Å². The molecule has 6 nitrogen and oxygen atoms in total. The molecule has 0 spiro atoms. The largest absolute Gasteiger partial charge is 0.491 e. The Hall–Kier alpha value is -1.15. The van der Waals surface area contributed by atoms with Gasteiger partial charge in [0.05, 0.1) is 17.6 Å². The van der Waals surface area contributed by atoms with E-state index in [1.54, 1.807) is 19.1 Å². The van der Waals surface area contributed by atoms with Gasteiger partial charge >= 0.3 is 0 Å². The molecule has 0 amide bonds. The van der Waals surface area contributed by atoms with Crippen LogP contribution < -0.4 is 9.46 Å². The molecule has 22 heavy (non-hydrogen) atoms. The lowest BCUT2D eigenvalue weighted by molar-refractivity contribution is 0.158. The van der Waals surface area contributed by atoms with Crippen LogP contribution in [0.5, 0.6) is 5.75 Å². The summed E-state index contributed by atoms with van der Waals surface area (Å²) in [4.78, 5) is 0.167. The van der Waals surface area contributed by atoms with E-state index in [0.29, 0.717) is 12.2 Å². The van der Waals surface area contributed by atoms with Crippen molar-refractivity contribution < 1.29 is 23.0 Å². The van der Waals surface area contributed by atoms with Crippen LogP contribution >= 0.6 is 0 Å². The monoisotopic (exact) mass is 331 g/mol. The van der Waals surface area contributed by atoms with Gasteiger partial charge in [0, 0.05) is 19.8 Å². The Labute approximate surface area is 132 Å². The van der Waals surface area contributed by atoms with Gasteiger partial charge in [0.15, 0.2) is 0 Å². The third-order valence-corrected chi connectivity index (χ3v) is 4.50. The number of sulfonamides is 1. The molecule has 1 aromatic carbocycles. The summed E-state index contributed by atoms with van der Waals surface area (Å²) in [5, 5.41) is 8.99. The molecule has 0 saturated heterocycles. The minimum absolute atomic E-state index is 0.0231. The number of hydrogen-bond acceptors (Lipinski definition) is 5. The molecule has 1 aromatic rings. The second kappa shape index (κ2) is 8.47. The van der Waals surface area contributed by atoms with Gasteiger partial charge in [0.25, 0.3) is 0 Å². The van der Waals surface area contributed by atoms with Crippen LogP contribution in [0.15, 0.2) is 23.1 Å². The minimum Gasteiger partial charge on any atom is -0.491 e. The average Bonchev–Trinajstić information content (AvgIpc) is 2.40. The first-order valence-electron chi connectivity index (χ1n) is 7.19. The molecule has 0 aliphatic rings. The fraction of sp³-hybridized carbons (Fsp3) is 0.600. The molecule has 0 aromatic heterocycles. The summed E-state index contributed by atoms with van der Waals surface area (Å²) in [5.74, 6) is 0.665. The molecule has 0 unspecified atom stereocenters. The average molecular weight is 331 g/mol. The van der Waals surface area contributed by atoms with Gasteiger partial charge in [0.2, 0.25) is 10.0 Å². The van der Waals surface area contributed by atoms with Gasteiger partial charge in [-0.2, -0.15) is 0 Å². The van der Waals surface area contributed by atoms with Crippen LogP contribution in [-0.4, -0.2) is 46.0 Å². The Bertz CT molecular complexity index is 565. The lowest BCUT2D eigenvalue weighted by Crippen LogP contribution is -2.38. The smallest absolute Gasteiger partial charge is 0.240 e. The summed E-state index contributed by atoms with van der Waals surface area (Å²) in [6.45, 7) is 5.72. The van der Waals surface area contributed by atoms with Gasteiger partial charge in [-0.1, -0.05) is 0 Å². The summed E-state index contributed by atoms with van der Waals surface area (Å²) in [6.07, 6.45) is 0.315. The third-order valence-electron chi connectivity index (χ3n) is 2.99.